The molecule has 1 spiro atoms. The molecule has 1 aromatic carbocycles. The minimum absolute atomic E-state index is 0.186. The Bertz CT molecular complexity index is 870. The zero-order valence-electron chi connectivity index (χ0n) is 16.1. The molecule has 3 amide bonds. The number of amides is 3. The van der Waals surface area contributed by atoms with Crippen molar-refractivity contribution in [2.75, 3.05) is 5.32 Å². The van der Waals surface area contributed by atoms with Gasteiger partial charge in [0.2, 0.25) is 17.7 Å². The maximum absolute atomic E-state index is 13.3. The minimum Gasteiger partial charge on any atom is -0.324 e. The van der Waals surface area contributed by atoms with Crippen molar-refractivity contribution in [1.29, 1.82) is 0 Å². The van der Waals surface area contributed by atoms with E-state index in [4.69, 9.17) is 0 Å². The zero-order valence-corrected chi connectivity index (χ0v) is 16.1. The third-order valence-corrected chi connectivity index (χ3v) is 6.24. The SMILES string of the molecule is Cc1ccc2c(c1C)NC(=O)C21NC(C)C2C(=O)N(C(C)(C)C)C(=O)C21. The Kier molecular flexibility index (Phi) is 3.27. The number of fused-ring (bicyclic) bond motifs is 4. The van der Waals surface area contributed by atoms with Crippen LogP contribution in [0.25, 0.3) is 0 Å². The molecule has 138 valence electrons. The lowest BCUT2D eigenvalue weighted by atomic mass is 9.76. The number of nitrogens with zero attached hydrogens (tertiary/aromatic N) is 1. The molecule has 0 radical (unpaired) electrons. The van der Waals surface area contributed by atoms with Crippen molar-refractivity contribution in [3.05, 3.63) is 28.8 Å². The van der Waals surface area contributed by atoms with Crippen LogP contribution in [-0.2, 0) is 19.9 Å². The van der Waals surface area contributed by atoms with E-state index >= 15 is 0 Å². The van der Waals surface area contributed by atoms with Crippen molar-refractivity contribution in [2.45, 2.75) is 58.7 Å². The maximum atomic E-state index is 13.3. The fraction of sp³-hybridized carbons (Fsp3) is 0.550. The number of hydrogen-bond acceptors (Lipinski definition) is 4. The van der Waals surface area contributed by atoms with Gasteiger partial charge in [0.15, 0.2) is 0 Å². The van der Waals surface area contributed by atoms with Gasteiger partial charge in [0, 0.05) is 22.8 Å². The Morgan fingerprint density at radius 2 is 1.73 bits per heavy atom. The second kappa shape index (κ2) is 4.94. The van der Waals surface area contributed by atoms with Crippen molar-refractivity contribution >= 4 is 23.4 Å². The summed E-state index contributed by atoms with van der Waals surface area (Å²) in [4.78, 5) is 40.9. The standard InChI is InChI=1S/C20H25N3O3/c1-9-7-8-12-15(10(9)2)21-18(26)20(12)14-13(11(3)22-20)16(24)23(17(14)25)19(4,5)6/h7-8,11,13-14,22H,1-6H3,(H,21,26). The molecule has 2 N–H and O–H groups in total. The summed E-state index contributed by atoms with van der Waals surface area (Å²) in [5, 5.41) is 6.31. The molecule has 4 atom stereocenters. The molecule has 4 rings (SSSR count). The van der Waals surface area contributed by atoms with E-state index in [1.165, 1.54) is 4.90 Å². The summed E-state index contributed by atoms with van der Waals surface area (Å²) in [6.07, 6.45) is 0. The Labute approximate surface area is 153 Å². The third-order valence-electron chi connectivity index (χ3n) is 6.24. The Morgan fingerprint density at radius 1 is 1.08 bits per heavy atom. The summed E-state index contributed by atoms with van der Waals surface area (Å²) < 4.78 is 0. The molecule has 6 heteroatoms. The van der Waals surface area contributed by atoms with Crippen molar-refractivity contribution < 1.29 is 14.4 Å². The van der Waals surface area contributed by atoms with Gasteiger partial charge in [-0.05, 0) is 52.7 Å². The number of hydrogen-bond donors (Lipinski definition) is 2. The number of rotatable bonds is 0. The molecular weight excluding hydrogens is 330 g/mol. The monoisotopic (exact) mass is 355 g/mol. The average Bonchev–Trinajstić information content (AvgIpc) is 3.08. The minimum atomic E-state index is -1.18. The molecule has 3 heterocycles. The first-order valence-electron chi connectivity index (χ1n) is 9.09. The first-order valence-corrected chi connectivity index (χ1v) is 9.09. The van der Waals surface area contributed by atoms with Crippen LogP contribution in [0.4, 0.5) is 5.69 Å². The van der Waals surface area contributed by atoms with Crippen LogP contribution in [0, 0.1) is 25.7 Å². The smallest absolute Gasteiger partial charge is 0.250 e. The number of aryl methyl sites for hydroxylation is 1. The summed E-state index contributed by atoms with van der Waals surface area (Å²) in [5.74, 6) is -1.93. The molecule has 0 aliphatic carbocycles. The summed E-state index contributed by atoms with van der Waals surface area (Å²) in [6, 6.07) is 3.62. The molecule has 2 saturated heterocycles. The number of nitrogens with one attached hydrogen (secondary N) is 2. The van der Waals surface area contributed by atoms with Crippen LogP contribution in [0.5, 0.6) is 0 Å². The average molecular weight is 355 g/mol. The summed E-state index contributed by atoms with van der Waals surface area (Å²) in [7, 11) is 0. The van der Waals surface area contributed by atoms with E-state index in [9.17, 15) is 14.4 Å². The first-order chi connectivity index (χ1) is 12.0. The van der Waals surface area contributed by atoms with Gasteiger partial charge in [-0.15, -0.1) is 0 Å². The summed E-state index contributed by atoms with van der Waals surface area (Å²) in [6.45, 7) is 11.4. The van der Waals surface area contributed by atoms with Gasteiger partial charge in [0.05, 0.1) is 11.8 Å². The lowest BCUT2D eigenvalue weighted by Gasteiger charge is -2.34. The zero-order chi connectivity index (χ0) is 19.2. The van der Waals surface area contributed by atoms with Crippen LogP contribution in [0.3, 0.4) is 0 Å². The van der Waals surface area contributed by atoms with Gasteiger partial charge in [-0.1, -0.05) is 12.1 Å². The molecule has 3 aliphatic heterocycles. The van der Waals surface area contributed by atoms with E-state index in [-0.39, 0.29) is 23.8 Å². The molecule has 0 saturated carbocycles. The molecule has 1 aromatic rings. The topological polar surface area (TPSA) is 78.5 Å². The molecule has 26 heavy (non-hydrogen) atoms. The van der Waals surface area contributed by atoms with E-state index in [1.807, 2.05) is 53.7 Å². The van der Waals surface area contributed by atoms with Crippen LogP contribution >= 0.6 is 0 Å². The van der Waals surface area contributed by atoms with Gasteiger partial charge < -0.3 is 5.32 Å². The van der Waals surface area contributed by atoms with Crippen molar-refractivity contribution in [2.24, 2.45) is 11.8 Å². The fourth-order valence-electron chi connectivity index (χ4n) is 4.94. The van der Waals surface area contributed by atoms with Gasteiger partial charge >= 0.3 is 0 Å². The van der Waals surface area contributed by atoms with Crippen molar-refractivity contribution in [3.8, 4) is 0 Å². The van der Waals surface area contributed by atoms with E-state index in [0.717, 1.165) is 22.4 Å². The Morgan fingerprint density at radius 3 is 2.35 bits per heavy atom. The number of carbonyl (C=O) groups excluding carboxylic acids is 3. The number of imide groups is 1. The van der Waals surface area contributed by atoms with Gasteiger partial charge in [0.25, 0.3) is 0 Å². The Balaban J connectivity index is 1.93. The third kappa shape index (κ3) is 1.83. The van der Waals surface area contributed by atoms with Crippen molar-refractivity contribution in [3.63, 3.8) is 0 Å². The summed E-state index contributed by atoms with van der Waals surface area (Å²) in [5.41, 5.74) is 1.83. The van der Waals surface area contributed by atoms with Gasteiger partial charge in [-0.2, -0.15) is 0 Å². The first kappa shape index (κ1) is 17.2. The van der Waals surface area contributed by atoms with E-state index in [0.29, 0.717) is 0 Å². The van der Waals surface area contributed by atoms with Gasteiger partial charge in [0.1, 0.15) is 5.54 Å². The maximum Gasteiger partial charge on any atom is 0.250 e. The number of benzene rings is 1. The normalized spacial score (nSPS) is 33.1. The number of anilines is 1. The van der Waals surface area contributed by atoms with E-state index < -0.39 is 22.9 Å². The largest absolute Gasteiger partial charge is 0.324 e. The van der Waals surface area contributed by atoms with Crippen LogP contribution < -0.4 is 10.6 Å². The highest BCUT2D eigenvalue weighted by Crippen LogP contribution is 2.54. The van der Waals surface area contributed by atoms with Gasteiger partial charge in [-0.3, -0.25) is 24.6 Å². The van der Waals surface area contributed by atoms with Crippen LogP contribution in [0.1, 0.15) is 44.4 Å². The predicted octanol–water partition coefficient (Wildman–Crippen LogP) is 1.84. The number of carbonyl (C=O) groups is 3. The molecule has 6 nitrogen and oxygen atoms in total. The lowest BCUT2D eigenvalue weighted by Crippen LogP contribution is -2.55. The van der Waals surface area contributed by atoms with E-state index in [2.05, 4.69) is 10.6 Å². The molecule has 4 unspecified atom stereocenters. The van der Waals surface area contributed by atoms with Crippen LogP contribution in [-0.4, -0.2) is 34.2 Å². The summed E-state index contributed by atoms with van der Waals surface area (Å²) >= 11 is 0. The quantitative estimate of drug-likeness (QED) is 0.696. The van der Waals surface area contributed by atoms with Crippen LogP contribution in [0.2, 0.25) is 0 Å². The number of likely N-dealkylation sites (tertiary alicyclic amines) is 1. The second-order valence-electron chi connectivity index (χ2n) is 8.81. The highest BCUT2D eigenvalue weighted by atomic mass is 16.2. The molecule has 3 aliphatic rings. The lowest BCUT2D eigenvalue weighted by molar-refractivity contribution is -0.147. The molecule has 2 fully saturated rings. The van der Waals surface area contributed by atoms with E-state index in [1.54, 1.807) is 0 Å². The fourth-order valence-corrected chi connectivity index (χ4v) is 4.94. The predicted molar refractivity (Wildman–Crippen MR) is 97.4 cm³/mol. The molecule has 0 aromatic heterocycles. The van der Waals surface area contributed by atoms with Crippen LogP contribution in [0.15, 0.2) is 12.1 Å². The highest BCUT2D eigenvalue weighted by molar-refractivity contribution is 6.15. The second-order valence-corrected chi connectivity index (χ2v) is 8.81. The van der Waals surface area contributed by atoms with Crippen molar-refractivity contribution in [1.82, 2.24) is 10.2 Å². The Hall–Kier alpha value is -2.21. The highest BCUT2D eigenvalue weighted by Gasteiger charge is 2.70. The molecule has 0 bridgehead atoms. The molecular formula is C20H25N3O3. The van der Waals surface area contributed by atoms with Gasteiger partial charge in [-0.25, -0.2) is 0 Å².